The van der Waals surface area contributed by atoms with Crippen molar-refractivity contribution in [2.24, 2.45) is 11.3 Å². The maximum Gasteiger partial charge on any atom is 0.329 e. The molecule has 2 aliphatic carbocycles. The van der Waals surface area contributed by atoms with Gasteiger partial charge in [-0.25, -0.2) is 4.79 Å². The van der Waals surface area contributed by atoms with Crippen LogP contribution in [0, 0.1) is 11.3 Å². The Balaban J connectivity index is 1.47. The molecule has 0 spiro atoms. The van der Waals surface area contributed by atoms with Gasteiger partial charge in [0.05, 0.1) is 24.4 Å². The molecule has 0 aromatic rings. The van der Waals surface area contributed by atoms with Gasteiger partial charge in [0.25, 0.3) is 0 Å². The summed E-state index contributed by atoms with van der Waals surface area (Å²) in [5.41, 5.74) is 1.92. The first-order valence-electron chi connectivity index (χ1n) is 12.1. The molecule has 0 radical (unpaired) electrons. The summed E-state index contributed by atoms with van der Waals surface area (Å²) in [6.45, 7) is 6.19. The summed E-state index contributed by atoms with van der Waals surface area (Å²) in [5, 5.41) is 9.45. The highest BCUT2D eigenvalue weighted by atomic mass is 16.6. The maximum absolute atomic E-state index is 13.3. The molecule has 0 aromatic carbocycles. The first kappa shape index (κ1) is 24.5. The number of allylic oxidation sites excluding steroid dienone is 4. The monoisotopic (exact) mass is 471 g/mol. The average Bonchev–Trinajstić information content (AvgIpc) is 3.34. The van der Waals surface area contributed by atoms with Gasteiger partial charge in [-0.1, -0.05) is 24.6 Å². The van der Waals surface area contributed by atoms with E-state index in [1.54, 1.807) is 6.08 Å². The molecule has 2 heterocycles. The first-order chi connectivity index (χ1) is 16.1. The normalized spacial score (nSPS) is 33.6. The fourth-order valence-corrected chi connectivity index (χ4v) is 5.45. The number of carbonyl (C=O) groups excluding carboxylic acids is 4. The quantitative estimate of drug-likeness (QED) is 0.613. The summed E-state index contributed by atoms with van der Waals surface area (Å²) in [4.78, 5) is 53.1. The number of hydrogen-bond donors (Lipinski definition) is 1. The van der Waals surface area contributed by atoms with E-state index in [0.29, 0.717) is 32.2 Å². The van der Waals surface area contributed by atoms with Crippen molar-refractivity contribution in [2.75, 3.05) is 13.2 Å². The number of likely N-dealkylation sites (tertiary alicyclic amines) is 1. The van der Waals surface area contributed by atoms with Crippen molar-refractivity contribution in [1.29, 1.82) is 0 Å². The van der Waals surface area contributed by atoms with Gasteiger partial charge in [-0.15, -0.1) is 0 Å². The summed E-state index contributed by atoms with van der Waals surface area (Å²) in [5.74, 6) is -1.70. The van der Waals surface area contributed by atoms with Crippen molar-refractivity contribution in [1.82, 2.24) is 4.90 Å². The number of ketones is 2. The Labute approximate surface area is 199 Å². The van der Waals surface area contributed by atoms with Crippen molar-refractivity contribution < 1.29 is 33.8 Å². The number of nitrogens with zero attached hydrogens (tertiary/aromatic N) is 1. The smallest absolute Gasteiger partial charge is 0.329 e. The Hall–Kier alpha value is -2.58. The molecule has 0 bridgehead atoms. The van der Waals surface area contributed by atoms with Crippen molar-refractivity contribution in [3.8, 4) is 0 Å². The number of esters is 1. The molecule has 0 saturated carbocycles. The van der Waals surface area contributed by atoms with Gasteiger partial charge < -0.3 is 19.5 Å². The molecule has 1 amide bonds. The molecule has 0 aromatic heterocycles. The SMILES string of the molecule is CCC1=CC(=O)C2(C)C1=CC=C(C)CC2OC(=O)C1CCCN1C(=O)CC1COC(O)CC1=O. The maximum atomic E-state index is 13.3. The number of hydrogen-bond acceptors (Lipinski definition) is 7. The summed E-state index contributed by atoms with van der Waals surface area (Å²) >= 11 is 0. The highest BCUT2D eigenvalue weighted by Gasteiger charge is 2.51. The number of rotatable bonds is 5. The number of aliphatic hydroxyl groups is 1. The lowest BCUT2D eigenvalue weighted by Crippen LogP contribution is -2.47. The summed E-state index contributed by atoms with van der Waals surface area (Å²) in [7, 11) is 0. The standard InChI is InChI=1S/C26H33NO7/c1-4-16-11-21(29)26(3)18(16)8-7-15(2)10-22(26)34-25(32)19-6-5-9-27(19)23(30)12-17-14-33-24(31)13-20(17)28/h7-8,11,17,19,22,24,31H,4-6,9-10,12-14H2,1-3H3. The molecule has 5 unspecified atom stereocenters. The summed E-state index contributed by atoms with van der Waals surface area (Å²) in [6, 6.07) is -0.739. The largest absolute Gasteiger partial charge is 0.459 e. The van der Waals surface area contributed by atoms with E-state index < -0.39 is 35.7 Å². The molecule has 2 fully saturated rings. The molecule has 2 aliphatic heterocycles. The second-order valence-electron chi connectivity index (χ2n) is 9.92. The van der Waals surface area contributed by atoms with E-state index in [4.69, 9.17) is 9.47 Å². The zero-order chi connectivity index (χ0) is 24.6. The second-order valence-corrected chi connectivity index (χ2v) is 9.92. The second kappa shape index (κ2) is 9.58. The van der Waals surface area contributed by atoms with Crippen LogP contribution in [0.25, 0.3) is 0 Å². The van der Waals surface area contributed by atoms with E-state index >= 15 is 0 Å². The van der Waals surface area contributed by atoms with E-state index in [1.165, 1.54) is 4.90 Å². The van der Waals surface area contributed by atoms with E-state index in [2.05, 4.69) is 0 Å². The molecule has 34 heavy (non-hydrogen) atoms. The van der Waals surface area contributed by atoms with Crippen LogP contribution in [-0.4, -0.2) is 65.0 Å². The Morgan fingerprint density at radius 2 is 2.03 bits per heavy atom. The van der Waals surface area contributed by atoms with Crippen LogP contribution in [0.5, 0.6) is 0 Å². The minimum Gasteiger partial charge on any atom is -0.459 e. The third-order valence-electron chi connectivity index (χ3n) is 7.63. The van der Waals surface area contributed by atoms with E-state index in [0.717, 1.165) is 16.7 Å². The van der Waals surface area contributed by atoms with Gasteiger partial charge >= 0.3 is 5.97 Å². The molecule has 8 heteroatoms. The molecular formula is C26H33NO7. The van der Waals surface area contributed by atoms with Crippen LogP contribution in [0.1, 0.15) is 59.3 Å². The van der Waals surface area contributed by atoms with Crippen LogP contribution >= 0.6 is 0 Å². The highest BCUT2D eigenvalue weighted by Crippen LogP contribution is 2.48. The molecule has 184 valence electrons. The van der Waals surface area contributed by atoms with Gasteiger partial charge in [0.1, 0.15) is 17.9 Å². The van der Waals surface area contributed by atoms with Crippen molar-refractivity contribution in [2.45, 2.75) is 77.7 Å². The predicted molar refractivity (Wildman–Crippen MR) is 122 cm³/mol. The number of carbonyl (C=O) groups is 4. The van der Waals surface area contributed by atoms with Gasteiger partial charge in [-0.3, -0.25) is 14.4 Å². The van der Waals surface area contributed by atoms with Crippen molar-refractivity contribution in [3.05, 3.63) is 34.9 Å². The van der Waals surface area contributed by atoms with Crippen LogP contribution < -0.4 is 0 Å². The Kier molecular flexibility index (Phi) is 6.92. The Morgan fingerprint density at radius 3 is 2.74 bits per heavy atom. The summed E-state index contributed by atoms with van der Waals surface area (Å²) < 4.78 is 11.1. The van der Waals surface area contributed by atoms with Gasteiger partial charge in [-0.05, 0) is 50.3 Å². The van der Waals surface area contributed by atoms with Crippen LogP contribution in [-0.2, 0) is 28.7 Å². The molecule has 5 atom stereocenters. The Morgan fingerprint density at radius 1 is 1.26 bits per heavy atom. The van der Waals surface area contributed by atoms with Crippen LogP contribution in [0.2, 0.25) is 0 Å². The zero-order valence-electron chi connectivity index (χ0n) is 20.0. The highest BCUT2D eigenvalue weighted by molar-refractivity contribution is 6.04. The van der Waals surface area contributed by atoms with Gasteiger partial charge in [0.2, 0.25) is 5.91 Å². The predicted octanol–water partition coefficient (Wildman–Crippen LogP) is 2.41. The van der Waals surface area contributed by atoms with E-state index in [9.17, 15) is 24.3 Å². The summed E-state index contributed by atoms with van der Waals surface area (Å²) in [6.07, 6.45) is 5.93. The first-order valence-corrected chi connectivity index (χ1v) is 12.1. The van der Waals surface area contributed by atoms with Gasteiger partial charge in [0, 0.05) is 19.4 Å². The molecule has 1 N–H and O–H groups in total. The van der Waals surface area contributed by atoms with Crippen LogP contribution in [0.3, 0.4) is 0 Å². The molecule has 8 nitrogen and oxygen atoms in total. The van der Waals surface area contributed by atoms with Crippen LogP contribution in [0.4, 0.5) is 0 Å². The number of ether oxygens (including phenoxy) is 2. The third-order valence-corrected chi connectivity index (χ3v) is 7.63. The van der Waals surface area contributed by atoms with Gasteiger partial charge in [0.15, 0.2) is 12.1 Å². The molecule has 4 aliphatic rings. The van der Waals surface area contributed by atoms with Crippen molar-refractivity contribution in [3.63, 3.8) is 0 Å². The lowest BCUT2D eigenvalue weighted by Gasteiger charge is -2.35. The van der Waals surface area contributed by atoms with Crippen LogP contribution in [0.15, 0.2) is 34.9 Å². The minimum absolute atomic E-state index is 0.00921. The molecular weight excluding hydrogens is 438 g/mol. The lowest BCUT2D eigenvalue weighted by atomic mass is 9.74. The number of aliphatic hydroxyl groups excluding tert-OH is 1. The fourth-order valence-electron chi connectivity index (χ4n) is 5.45. The molecule has 4 rings (SSSR count). The third kappa shape index (κ3) is 4.41. The fraction of sp³-hybridized carbons (Fsp3) is 0.615. The Bertz CT molecular complexity index is 993. The number of Topliss-reactive ketones (excluding diaryl/α,β-unsaturated/α-hetero) is 1. The average molecular weight is 472 g/mol. The van der Waals surface area contributed by atoms with Crippen molar-refractivity contribution >= 4 is 23.4 Å². The van der Waals surface area contributed by atoms with E-state index in [1.807, 2.05) is 32.9 Å². The number of fused-ring (bicyclic) bond motifs is 1. The molecule has 2 saturated heterocycles. The minimum atomic E-state index is -1.12. The zero-order valence-corrected chi connectivity index (χ0v) is 20.0. The lowest BCUT2D eigenvalue weighted by molar-refractivity contribution is -0.167. The van der Waals surface area contributed by atoms with E-state index in [-0.39, 0.29) is 36.9 Å². The van der Waals surface area contributed by atoms with Gasteiger partial charge in [-0.2, -0.15) is 0 Å². The number of amides is 1. The topological polar surface area (TPSA) is 110 Å².